The van der Waals surface area contributed by atoms with Crippen LogP contribution in [0.25, 0.3) is 10.9 Å². The second-order valence-corrected chi connectivity index (χ2v) is 7.88. The molecule has 0 spiro atoms. The Morgan fingerprint density at radius 2 is 1.73 bits per heavy atom. The Balaban J connectivity index is 2.08. The third-order valence-corrected chi connectivity index (χ3v) is 5.40. The molecular formula is C24H30N4O2. The van der Waals surface area contributed by atoms with Gasteiger partial charge in [0.25, 0.3) is 11.5 Å². The second-order valence-electron chi connectivity index (χ2n) is 7.88. The van der Waals surface area contributed by atoms with Crippen molar-refractivity contribution >= 4 is 16.8 Å². The monoisotopic (exact) mass is 406 g/mol. The van der Waals surface area contributed by atoms with Crippen LogP contribution >= 0.6 is 0 Å². The van der Waals surface area contributed by atoms with Crippen molar-refractivity contribution in [2.75, 3.05) is 27.2 Å². The summed E-state index contributed by atoms with van der Waals surface area (Å²) in [6.07, 6.45) is 0. The minimum Gasteiger partial charge on any atom is -0.327 e. The Morgan fingerprint density at radius 1 is 1.07 bits per heavy atom. The van der Waals surface area contributed by atoms with Crippen molar-refractivity contribution in [2.45, 2.75) is 33.4 Å². The number of rotatable bonds is 7. The van der Waals surface area contributed by atoms with Crippen LogP contribution in [-0.2, 0) is 6.54 Å². The van der Waals surface area contributed by atoms with Crippen molar-refractivity contribution in [2.24, 2.45) is 0 Å². The quantitative estimate of drug-likeness (QED) is 0.603. The van der Waals surface area contributed by atoms with Crippen LogP contribution in [0.4, 0.5) is 0 Å². The number of fused-ring (bicyclic) bond motifs is 1. The summed E-state index contributed by atoms with van der Waals surface area (Å²) in [7, 11) is 3.96. The van der Waals surface area contributed by atoms with Gasteiger partial charge in [-0.3, -0.25) is 14.2 Å². The first kappa shape index (κ1) is 21.7. The van der Waals surface area contributed by atoms with Gasteiger partial charge in [0.05, 0.1) is 16.9 Å². The fraction of sp³-hybridized carbons (Fsp3) is 0.375. The van der Waals surface area contributed by atoms with Gasteiger partial charge in [0, 0.05) is 25.2 Å². The molecule has 0 radical (unpaired) electrons. The van der Waals surface area contributed by atoms with E-state index in [-0.39, 0.29) is 17.5 Å². The van der Waals surface area contributed by atoms with Crippen molar-refractivity contribution in [1.82, 2.24) is 19.4 Å². The number of hydrogen-bond acceptors (Lipinski definition) is 4. The van der Waals surface area contributed by atoms with Crippen LogP contribution in [0.15, 0.2) is 53.3 Å². The molecule has 0 saturated carbocycles. The topological polar surface area (TPSA) is 58.4 Å². The maximum absolute atomic E-state index is 13.4. The van der Waals surface area contributed by atoms with E-state index in [1.807, 2.05) is 87.1 Å². The SMILES string of the molecule is CCn1c(C(C)N(CCN(C)C)C(=O)c2ccc(C)cc2)nc2ccccc2c1=O. The third-order valence-electron chi connectivity index (χ3n) is 5.40. The Labute approximate surface area is 177 Å². The van der Waals surface area contributed by atoms with Crippen LogP contribution < -0.4 is 5.56 Å². The fourth-order valence-electron chi connectivity index (χ4n) is 3.59. The van der Waals surface area contributed by atoms with Crippen molar-refractivity contribution in [3.05, 3.63) is 75.8 Å². The maximum Gasteiger partial charge on any atom is 0.261 e. The molecule has 6 nitrogen and oxygen atoms in total. The Hall–Kier alpha value is -2.99. The van der Waals surface area contributed by atoms with E-state index in [4.69, 9.17) is 4.98 Å². The molecule has 0 bridgehead atoms. The maximum atomic E-state index is 13.4. The summed E-state index contributed by atoms with van der Waals surface area (Å²) in [5.74, 6) is 0.551. The van der Waals surface area contributed by atoms with E-state index >= 15 is 0 Å². The number of likely N-dealkylation sites (N-methyl/N-ethyl adjacent to an activating group) is 1. The molecule has 1 amide bonds. The Kier molecular flexibility index (Phi) is 6.67. The van der Waals surface area contributed by atoms with Crippen LogP contribution in [0, 0.1) is 6.92 Å². The molecule has 2 aromatic carbocycles. The number of carbonyl (C=O) groups excluding carboxylic acids is 1. The number of hydrogen-bond donors (Lipinski definition) is 0. The van der Waals surface area contributed by atoms with Gasteiger partial charge in [0.1, 0.15) is 5.82 Å². The average Bonchev–Trinajstić information content (AvgIpc) is 2.73. The van der Waals surface area contributed by atoms with Gasteiger partial charge in [-0.15, -0.1) is 0 Å². The normalized spacial score (nSPS) is 12.3. The minimum absolute atomic E-state index is 0.0607. The zero-order valence-electron chi connectivity index (χ0n) is 18.4. The zero-order chi connectivity index (χ0) is 21.8. The predicted octanol–water partition coefficient (Wildman–Crippen LogP) is 3.49. The first-order valence-electron chi connectivity index (χ1n) is 10.3. The van der Waals surface area contributed by atoms with Crippen molar-refractivity contribution in [3.63, 3.8) is 0 Å². The molecule has 1 heterocycles. The lowest BCUT2D eigenvalue weighted by Crippen LogP contribution is -2.41. The summed E-state index contributed by atoms with van der Waals surface area (Å²) in [6, 6.07) is 14.6. The number of benzene rings is 2. The van der Waals surface area contributed by atoms with E-state index in [1.54, 1.807) is 10.6 Å². The van der Waals surface area contributed by atoms with E-state index in [1.165, 1.54) is 0 Å². The van der Waals surface area contributed by atoms with Crippen molar-refractivity contribution in [3.8, 4) is 0 Å². The van der Waals surface area contributed by atoms with Crippen LogP contribution in [0.2, 0.25) is 0 Å². The van der Waals surface area contributed by atoms with E-state index < -0.39 is 0 Å². The van der Waals surface area contributed by atoms with E-state index in [0.717, 1.165) is 5.56 Å². The predicted molar refractivity (Wildman–Crippen MR) is 121 cm³/mol. The van der Waals surface area contributed by atoms with Gasteiger partial charge in [-0.25, -0.2) is 4.98 Å². The highest BCUT2D eigenvalue weighted by atomic mass is 16.2. The largest absolute Gasteiger partial charge is 0.327 e. The average molecular weight is 407 g/mol. The molecule has 0 aliphatic rings. The third kappa shape index (κ3) is 4.44. The van der Waals surface area contributed by atoms with Crippen LogP contribution in [0.1, 0.15) is 41.6 Å². The molecule has 1 unspecified atom stereocenters. The summed E-state index contributed by atoms with van der Waals surface area (Å²) in [4.78, 5) is 35.1. The molecule has 1 aromatic heterocycles. The Bertz CT molecular complexity index is 1090. The second kappa shape index (κ2) is 9.22. The van der Waals surface area contributed by atoms with E-state index in [0.29, 0.717) is 41.9 Å². The number of carbonyl (C=O) groups is 1. The summed E-state index contributed by atoms with van der Waals surface area (Å²) in [6.45, 7) is 7.62. The molecular weight excluding hydrogens is 376 g/mol. The highest BCUT2D eigenvalue weighted by Gasteiger charge is 2.26. The molecule has 6 heteroatoms. The fourth-order valence-corrected chi connectivity index (χ4v) is 3.59. The molecule has 0 aliphatic heterocycles. The highest BCUT2D eigenvalue weighted by molar-refractivity contribution is 5.94. The molecule has 3 rings (SSSR count). The number of para-hydroxylation sites is 1. The molecule has 0 saturated heterocycles. The van der Waals surface area contributed by atoms with E-state index in [9.17, 15) is 9.59 Å². The van der Waals surface area contributed by atoms with Gasteiger partial charge in [0.15, 0.2) is 0 Å². The van der Waals surface area contributed by atoms with Crippen molar-refractivity contribution < 1.29 is 4.79 Å². The van der Waals surface area contributed by atoms with Crippen LogP contribution in [-0.4, -0.2) is 52.4 Å². The smallest absolute Gasteiger partial charge is 0.261 e. The van der Waals surface area contributed by atoms with Gasteiger partial charge in [0.2, 0.25) is 0 Å². The van der Waals surface area contributed by atoms with Gasteiger partial charge in [-0.2, -0.15) is 0 Å². The van der Waals surface area contributed by atoms with Crippen molar-refractivity contribution in [1.29, 1.82) is 0 Å². The van der Waals surface area contributed by atoms with Gasteiger partial charge >= 0.3 is 0 Å². The molecule has 30 heavy (non-hydrogen) atoms. The lowest BCUT2D eigenvalue weighted by atomic mass is 10.1. The molecule has 158 valence electrons. The van der Waals surface area contributed by atoms with Gasteiger partial charge in [-0.1, -0.05) is 29.8 Å². The summed E-state index contributed by atoms with van der Waals surface area (Å²) in [5, 5.41) is 0.597. The number of amides is 1. The molecule has 0 aliphatic carbocycles. The van der Waals surface area contributed by atoms with Gasteiger partial charge < -0.3 is 9.80 Å². The first-order chi connectivity index (χ1) is 14.3. The number of aromatic nitrogens is 2. The highest BCUT2D eigenvalue weighted by Crippen LogP contribution is 2.22. The number of aryl methyl sites for hydroxylation is 1. The van der Waals surface area contributed by atoms with Crippen LogP contribution in [0.3, 0.4) is 0 Å². The molecule has 3 aromatic rings. The summed E-state index contributed by atoms with van der Waals surface area (Å²) >= 11 is 0. The lowest BCUT2D eigenvalue weighted by molar-refractivity contribution is 0.0665. The molecule has 1 atom stereocenters. The summed E-state index contributed by atoms with van der Waals surface area (Å²) in [5.41, 5.74) is 2.33. The lowest BCUT2D eigenvalue weighted by Gasteiger charge is -2.31. The summed E-state index contributed by atoms with van der Waals surface area (Å²) < 4.78 is 1.68. The van der Waals surface area contributed by atoms with Gasteiger partial charge in [-0.05, 0) is 59.1 Å². The Morgan fingerprint density at radius 3 is 2.37 bits per heavy atom. The molecule has 0 fully saturated rings. The number of nitrogens with zero attached hydrogens (tertiary/aromatic N) is 4. The first-order valence-corrected chi connectivity index (χ1v) is 10.3. The standard InChI is InChI=1S/C24H30N4O2/c1-6-27-22(25-21-10-8-7-9-20(21)24(27)30)18(3)28(16-15-26(4)5)23(29)19-13-11-17(2)12-14-19/h7-14,18H,6,15-16H2,1-5H3. The minimum atomic E-state index is -0.351. The van der Waals surface area contributed by atoms with Crippen LogP contribution in [0.5, 0.6) is 0 Å². The zero-order valence-corrected chi connectivity index (χ0v) is 18.4. The van der Waals surface area contributed by atoms with E-state index in [2.05, 4.69) is 0 Å². The molecule has 0 N–H and O–H groups in total.